The molecule has 1 aliphatic heterocycles. The summed E-state index contributed by atoms with van der Waals surface area (Å²) >= 11 is 5.22. The van der Waals surface area contributed by atoms with Gasteiger partial charge in [-0.15, -0.1) is 0 Å². The third-order valence-electron chi connectivity index (χ3n) is 3.33. The van der Waals surface area contributed by atoms with E-state index in [9.17, 15) is 0 Å². The number of hydrogen-bond donors (Lipinski definition) is 1. The van der Waals surface area contributed by atoms with Gasteiger partial charge >= 0.3 is 0 Å². The molecule has 0 amide bonds. The molecule has 1 N–H and O–H groups in total. The Bertz CT molecular complexity index is 246. The summed E-state index contributed by atoms with van der Waals surface area (Å²) in [5.41, 5.74) is 0.496. The monoisotopic (exact) mass is 167 g/mol. The molecule has 0 radical (unpaired) electrons. The van der Waals surface area contributed by atoms with Gasteiger partial charge in [-0.3, -0.25) is 0 Å². The highest BCUT2D eigenvalue weighted by atomic mass is 32.1. The Balaban J connectivity index is 2.37. The minimum atomic E-state index is 0.247. The van der Waals surface area contributed by atoms with Crippen LogP contribution < -0.4 is 5.32 Å². The van der Waals surface area contributed by atoms with Gasteiger partial charge in [-0.05, 0) is 19.8 Å². The molecule has 2 atom stereocenters. The largest absolute Gasteiger partial charge is 0.373 e. The predicted octanol–water partition coefficient (Wildman–Crippen LogP) is 2.03. The zero-order valence-electron chi connectivity index (χ0n) is 6.98. The summed E-state index contributed by atoms with van der Waals surface area (Å²) in [4.78, 5) is 1.05. The van der Waals surface area contributed by atoms with E-state index in [-0.39, 0.29) is 11.0 Å². The highest BCUT2D eigenvalue weighted by Crippen LogP contribution is 2.48. The highest BCUT2D eigenvalue weighted by Gasteiger charge is 2.56. The fraction of sp³-hybridized carbons (Fsp3) is 0.667. The fourth-order valence-electron chi connectivity index (χ4n) is 1.95. The molecular formula is C9H13NS. The van der Waals surface area contributed by atoms with E-state index in [0.29, 0.717) is 0 Å². The molecule has 0 aromatic carbocycles. The summed E-state index contributed by atoms with van der Waals surface area (Å²) in [6, 6.07) is 0. The van der Waals surface area contributed by atoms with E-state index >= 15 is 0 Å². The van der Waals surface area contributed by atoms with Crippen molar-refractivity contribution in [3.8, 4) is 0 Å². The van der Waals surface area contributed by atoms with Crippen LogP contribution in [0.4, 0.5) is 0 Å². The average Bonchev–Trinajstić information content (AvgIpc) is 1.96. The van der Waals surface area contributed by atoms with Crippen LogP contribution in [0.3, 0.4) is 0 Å². The molecule has 2 rings (SSSR count). The van der Waals surface area contributed by atoms with Crippen LogP contribution in [-0.2, 0) is 0 Å². The second-order valence-electron chi connectivity index (χ2n) is 4.00. The maximum absolute atomic E-state index is 5.22. The first kappa shape index (κ1) is 7.29. The lowest BCUT2D eigenvalue weighted by Crippen LogP contribution is -2.73. The van der Waals surface area contributed by atoms with E-state index in [4.69, 9.17) is 12.2 Å². The summed E-state index contributed by atoms with van der Waals surface area (Å²) in [5.74, 6) is 0. The molecule has 2 aliphatic rings. The molecule has 11 heavy (non-hydrogen) atoms. The van der Waals surface area contributed by atoms with Crippen molar-refractivity contribution in [3.05, 3.63) is 12.2 Å². The van der Waals surface area contributed by atoms with Crippen molar-refractivity contribution in [2.75, 3.05) is 0 Å². The molecule has 0 saturated carbocycles. The number of allylic oxidation sites excluding steroid dienone is 1. The van der Waals surface area contributed by atoms with E-state index in [1.807, 2.05) is 0 Å². The van der Waals surface area contributed by atoms with Crippen molar-refractivity contribution in [2.24, 2.45) is 5.41 Å². The lowest BCUT2D eigenvalue weighted by molar-refractivity contribution is 0.148. The molecule has 0 aromatic heterocycles. The molecule has 60 valence electrons. The van der Waals surface area contributed by atoms with Gasteiger partial charge in [0, 0.05) is 5.41 Å². The summed E-state index contributed by atoms with van der Waals surface area (Å²) in [7, 11) is 0. The van der Waals surface area contributed by atoms with E-state index in [2.05, 4.69) is 31.3 Å². The molecular weight excluding hydrogens is 154 g/mol. The van der Waals surface area contributed by atoms with Gasteiger partial charge in [-0.2, -0.15) is 0 Å². The fourth-order valence-corrected chi connectivity index (χ4v) is 2.48. The number of rotatable bonds is 0. The summed E-state index contributed by atoms with van der Waals surface area (Å²) < 4.78 is 0. The van der Waals surface area contributed by atoms with Gasteiger partial charge < -0.3 is 5.32 Å². The van der Waals surface area contributed by atoms with Crippen LogP contribution in [0, 0.1) is 5.41 Å². The third kappa shape index (κ3) is 0.684. The summed E-state index contributed by atoms with van der Waals surface area (Å²) in [6.07, 6.45) is 6.71. The van der Waals surface area contributed by atoms with Crippen LogP contribution in [0.2, 0.25) is 0 Å². The van der Waals surface area contributed by atoms with Crippen LogP contribution in [0.1, 0.15) is 26.7 Å². The van der Waals surface area contributed by atoms with Crippen molar-refractivity contribution in [1.82, 2.24) is 5.32 Å². The molecule has 0 unspecified atom stereocenters. The minimum absolute atomic E-state index is 0.247. The average molecular weight is 167 g/mol. The highest BCUT2D eigenvalue weighted by molar-refractivity contribution is 7.80. The van der Waals surface area contributed by atoms with Gasteiger partial charge in [0.25, 0.3) is 0 Å². The van der Waals surface area contributed by atoms with E-state index in [0.717, 1.165) is 17.8 Å². The molecule has 1 saturated heterocycles. The van der Waals surface area contributed by atoms with Crippen molar-refractivity contribution in [3.63, 3.8) is 0 Å². The quantitative estimate of drug-likeness (QED) is 0.437. The first-order valence-electron chi connectivity index (χ1n) is 4.06. The number of nitrogens with one attached hydrogen (secondary N) is 1. The van der Waals surface area contributed by atoms with Crippen molar-refractivity contribution in [2.45, 2.75) is 32.2 Å². The Labute approximate surface area is 72.9 Å². The first-order chi connectivity index (χ1) is 5.08. The molecule has 1 fully saturated rings. The van der Waals surface area contributed by atoms with Crippen molar-refractivity contribution in [1.29, 1.82) is 0 Å². The zero-order valence-corrected chi connectivity index (χ0v) is 7.79. The molecule has 0 bridgehead atoms. The summed E-state index contributed by atoms with van der Waals surface area (Å²) in [6.45, 7) is 4.52. The number of hydrogen-bond acceptors (Lipinski definition) is 1. The topological polar surface area (TPSA) is 12.0 Å². The van der Waals surface area contributed by atoms with Crippen molar-refractivity contribution < 1.29 is 0 Å². The van der Waals surface area contributed by atoms with E-state index < -0.39 is 0 Å². The maximum Gasteiger partial charge on any atom is 0.0844 e. The van der Waals surface area contributed by atoms with Gasteiger partial charge in [0.2, 0.25) is 0 Å². The second-order valence-corrected chi connectivity index (χ2v) is 4.41. The van der Waals surface area contributed by atoms with Crippen LogP contribution >= 0.6 is 12.2 Å². The minimum Gasteiger partial charge on any atom is -0.373 e. The third-order valence-corrected chi connectivity index (χ3v) is 3.88. The standard InChI is InChI=1S/C9H13NS/c1-8-5-3-4-6-9(8,2)10-7(8)11/h3-4H,5-6H2,1-2H3,(H,10,11)/t8-,9-/m1/s1. The molecule has 1 heterocycles. The lowest BCUT2D eigenvalue weighted by Gasteiger charge is -2.59. The molecule has 2 heteroatoms. The Morgan fingerprint density at radius 2 is 2.00 bits per heavy atom. The number of fused-ring (bicyclic) bond motifs is 1. The summed E-state index contributed by atoms with van der Waals surface area (Å²) in [5, 5.41) is 3.34. The Morgan fingerprint density at radius 1 is 1.36 bits per heavy atom. The van der Waals surface area contributed by atoms with E-state index in [1.165, 1.54) is 0 Å². The maximum atomic E-state index is 5.22. The number of thiocarbonyl (C=S) groups is 1. The normalized spacial score (nSPS) is 47.6. The van der Waals surface area contributed by atoms with Gasteiger partial charge in [0.05, 0.1) is 10.5 Å². The smallest absolute Gasteiger partial charge is 0.0844 e. The van der Waals surface area contributed by atoms with Crippen LogP contribution in [-0.4, -0.2) is 10.5 Å². The van der Waals surface area contributed by atoms with Gasteiger partial charge in [0.15, 0.2) is 0 Å². The Morgan fingerprint density at radius 3 is 2.45 bits per heavy atom. The van der Waals surface area contributed by atoms with Crippen LogP contribution in [0.25, 0.3) is 0 Å². The van der Waals surface area contributed by atoms with Crippen LogP contribution in [0.15, 0.2) is 12.2 Å². The Kier molecular flexibility index (Phi) is 1.23. The van der Waals surface area contributed by atoms with Crippen molar-refractivity contribution >= 4 is 17.2 Å². The van der Waals surface area contributed by atoms with Gasteiger partial charge in [-0.25, -0.2) is 0 Å². The molecule has 0 spiro atoms. The van der Waals surface area contributed by atoms with Gasteiger partial charge in [0.1, 0.15) is 0 Å². The first-order valence-corrected chi connectivity index (χ1v) is 4.47. The predicted molar refractivity (Wildman–Crippen MR) is 50.6 cm³/mol. The SMILES string of the molecule is C[C@@]12CC=CC[C@]1(C)C(=S)N2. The molecule has 0 aromatic rings. The zero-order chi connectivity index (χ0) is 8.11. The second kappa shape index (κ2) is 1.86. The molecule has 1 aliphatic carbocycles. The lowest BCUT2D eigenvalue weighted by atomic mass is 9.59. The van der Waals surface area contributed by atoms with E-state index in [1.54, 1.807) is 0 Å². The Hall–Kier alpha value is -0.370. The van der Waals surface area contributed by atoms with Crippen LogP contribution in [0.5, 0.6) is 0 Å². The van der Waals surface area contributed by atoms with Gasteiger partial charge in [-0.1, -0.05) is 31.3 Å². The molecule has 1 nitrogen and oxygen atoms in total.